The molecular weight excluding hydrogens is 356 g/mol. The Morgan fingerprint density at radius 3 is 2.72 bits per heavy atom. The van der Waals surface area contributed by atoms with Gasteiger partial charge in [0.1, 0.15) is 6.33 Å². The second-order valence-corrected chi connectivity index (χ2v) is 8.30. The monoisotopic (exact) mass is 378 g/mol. The van der Waals surface area contributed by atoms with Gasteiger partial charge in [0.15, 0.2) is 5.16 Å². The lowest BCUT2D eigenvalue weighted by molar-refractivity contribution is -0.130. The highest BCUT2D eigenvalue weighted by atomic mass is 35.5. The van der Waals surface area contributed by atoms with Gasteiger partial charge in [0.2, 0.25) is 5.91 Å². The molecule has 25 heavy (non-hydrogen) atoms. The summed E-state index contributed by atoms with van der Waals surface area (Å²) < 4.78 is 1.87. The fraction of sp³-hybridized carbons (Fsp3) is 0.500. The first-order valence-electron chi connectivity index (χ1n) is 8.51. The zero-order chi connectivity index (χ0) is 18.0. The Morgan fingerprint density at radius 1 is 1.32 bits per heavy atom. The summed E-state index contributed by atoms with van der Waals surface area (Å²) in [5.41, 5.74) is 1.92. The molecule has 3 rings (SSSR count). The van der Waals surface area contributed by atoms with E-state index in [1.807, 2.05) is 34.6 Å². The molecule has 2 aromatic rings. The van der Waals surface area contributed by atoms with Gasteiger partial charge in [0.05, 0.1) is 11.4 Å². The van der Waals surface area contributed by atoms with Crippen molar-refractivity contribution in [3.8, 4) is 5.69 Å². The van der Waals surface area contributed by atoms with Crippen molar-refractivity contribution in [3.05, 3.63) is 35.1 Å². The lowest BCUT2D eigenvalue weighted by Gasteiger charge is -2.34. The van der Waals surface area contributed by atoms with Crippen LogP contribution >= 0.6 is 23.4 Å². The summed E-state index contributed by atoms with van der Waals surface area (Å²) in [6.07, 6.45) is 2.85. The molecule has 0 saturated carbocycles. The number of amides is 1. The largest absolute Gasteiger partial charge is 0.341 e. The number of piperidine rings is 1. The number of aromatic nitrogens is 3. The molecule has 1 aromatic heterocycles. The number of carbonyl (C=O) groups excluding carboxylic acids is 1. The summed E-state index contributed by atoms with van der Waals surface area (Å²) in [6.45, 7) is 8.09. The van der Waals surface area contributed by atoms with Crippen molar-refractivity contribution in [3.63, 3.8) is 0 Å². The maximum absolute atomic E-state index is 12.6. The van der Waals surface area contributed by atoms with E-state index in [9.17, 15) is 4.79 Å². The van der Waals surface area contributed by atoms with Crippen LogP contribution in [0.1, 0.15) is 25.8 Å². The molecule has 1 saturated heterocycles. The van der Waals surface area contributed by atoms with Crippen LogP contribution in [0.25, 0.3) is 5.69 Å². The molecule has 0 radical (unpaired) electrons. The smallest absolute Gasteiger partial charge is 0.233 e. The number of benzene rings is 1. The molecule has 7 heteroatoms. The van der Waals surface area contributed by atoms with Gasteiger partial charge in [0.25, 0.3) is 0 Å². The average molecular weight is 379 g/mol. The van der Waals surface area contributed by atoms with Gasteiger partial charge in [-0.25, -0.2) is 0 Å². The predicted molar refractivity (Wildman–Crippen MR) is 101 cm³/mol. The Labute approximate surface area is 157 Å². The van der Waals surface area contributed by atoms with Crippen molar-refractivity contribution in [2.24, 2.45) is 11.8 Å². The number of aryl methyl sites for hydroxylation is 1. The molecule has 1 aliphatic rings. The van der Waals surface area contributed by atoms with Crippen molar-refractivity contribution in [1.82, 2.24) is 19.7 Å². The zero-order valence-electron chi connectivity index (χ0n) is 14.8. The summed E-state index contributed by atoms with van der Waals surface area (Å²) in [4.78, 5) is 14.5. The second-order valence-electron chi connectivity index (χ2n) is 6.95. The summed E-state index contributed by atoms with van der Waals surface area (Å²) in [5.74, 6) is 1.67. The van der Waals surface area contributed by atoms with Gasteiger partial charge in [-0.05, 0) is 42.9 Å². The molecular formula is C18H23ClN4OS. The second kappa shape index (κ2) is 7.79. The Bertz CT molecular complexity index is 753. The quantitative estimate of drug-likeness (QED) is 0.759. The third kappa shape index (κ3) is 4.36. The predicted octanol–water partition coefficient (Wildman–Crippen LogP) is 3.83. The molecule has 2 heterocycles. The Balaban J connectivity index is 1.67. The SMILES string of the molecule is Cc1ccc(-n2cnnc2SCC(=O)N2CC(C)CC(C)C2)cc1Cl. The molecule has 1 aromatic carbocycles. The first-order chi connectivity index (χ1) is 11.9. The number of rotatable bonds is 4. The molecule has 1 aliphatic heterocycles. The third-order valence-corrected chi connectivity index (χ3v) is 5.83. The van der Waals surface area contributed by atoms with Crippen LogP contribution in [0.5, 0.6) is 0 Å². The number of hydrogen-bond acceptors (Lipinski definition) is 4. The Hall–Kier alpha value is -1.53. The molecule has 2 unspecified atom stereocenters. The van der Waals surface area contributed by atoms with Crippen LogP contribution in [0.4, 0.5) is 0 Å². The lowest BCUT2D eigenvalue weighted by atomic mass is 9.92. The topological polar surface area (TPSA) is 51.0 Å². The molecule has 1 fully saturated rings. The number of carbonyl (C=O) groups is 1. The first-order valence-corrected chi connectivity index (χ1v) is 9.87. The van der Waals surface area contributed by atoms with E-state index in [1.165, 1.54) is 18.2 Å². The van der Waals surface area contributed by atoms with Gasteiger partial charge in [-0.1, -0.05) is 43.3 Å². The number of halogens is 1. The van der Waals surface area contributed by atoms with Crippen LogP contribution in [0.15, 0.2) is 29.7 Å². The van der Waals surface area contributed by atoms with E-state index in [1.54, 1.807) is 6.33 Å². The molecule has 5 nitrogen and oxygen atoms in total. The minimum Gasteiger partial charge on any atom is -0.341 e. The number of nitrogens with zero attached hydrogens (tertiary/aromatic N) is 4. The molecule has 134 valence electrons. The van der Waals surface area contributed by atoms with Gasteiger partial charge >= 0.3 is 0 Å². The van der Waals surface area contributed by atoms with E-state index in [0.717, 1.165) is 24.3 Å². The van der Waals surface area contributed by atoms with E-state index in [2.05, 4.69) is 24.0 Å². The fourth-order valence-electron chi connectivity index (χ4n) is 3.32. The van der Waals surface area contributed by atoms with Gasteiger partial charge in [-0.15, -0.1) is 10.2 Å². The normalized spacial score (nSPS) is 20.7. The van der Waals surface area contributed by atoms with Gasteiger partial charge in [-0.2, -0.15) is 0 Å². The average Bonchev–Trinajstić information content (AvgIpc) is 3.02. The summed E-state index contributed by atoms with van der Waals surface area (Å²) in [5, 5.41) is 9.55. The van der Waals surface area contributed by atoms with Crippen LogP contribution in [0.2, 0.25) is 5.02 Å². The van der Waals surface area contributed by atoms with Crippen molar-refractivity contribution >= 4 is 29.3 Å². The highest BCUT2D eigenvalue weighted by molar-refractivity contribution is 7.99. The van der Waals surface area contributed by atoms with Crippen molar-refractivity contribution < 1.29 is 4.79 Å². The summed E-state index contributed by atoms with van der Waals surface area (Å²) in [7, 11) is 0. The van der Waals surface area contributed by atoms with Crippen LogP contribution in [-0.4, -0.2) is 44.4 Å². The standard InChI is InChI=1S/C18H23ClN4OS/c1-12-6-13(2)9-22(8-12)17(24)10-25-18-21-20-11-23(18)15-5-4-14(3)16(19)7-15/h4-5,7,11-13H,6,8-10H2,1-3H3. The van der Waals surface area contributed by atoms with Crippen LogP contribution < -0.4 is 0 Å². The highest BCUT2D eigenvalue weighted by Crippen LogP contribution is 2.25. The summed E-state index contributed by atoms with van der Waals surface area (Å²) in [6, 6.07) is 5.83. The van der Waals surface area contributed by atoms with E-state index in [4.69, 9.17) is 11.6 Å². The molecule has 2 atom stereocenters. The van der Waals surface area contributed by atoms with Crippen molar-refractivity contribution in [1.29, 1.82) is 0 Å². The maximum Gasteiger partial charge on any atom is 0.233 e. The Kier molecular flexibility index (Phi) is 5.69. The Morgan fingerprint density at radius 2 is 2.04 bits per heavy atom. The van der Waals surface area contributed by atoms with E-state index >= 15 is 0 Å². The summed E-state index contributed by atoms with van der Waals surface area (Å²) >= 11 is 7.64. The van der Waals surface area contributed by atoms with E-state index in [-0.39, 0.29) is 5.91 Å². The highest BCUT2D eigenvalue weighted by Gasteiger charge is 2.25. The fourth-order valence-corrected chi connectivity index (χ4v) is 4.32. The van der Waals surface area contributed by atoms with Crippen molar-refractivity contribution in [2.45, 2.75) is 32.3 Å². The van der Waals surface area contributed by atoms with Gasteiger partial charge < -0.3 is 4.90 Å². The minimum absolute atomic E-state index is 0.167. The molecule has 0 aliphatic carbocycles. The molecule has 0 bridgehead atoms. The molecule has 1 amide bonds. The van der Waals surface area contributed by atoms with Crippen LogP contribution in [0.3, 0.4) is 0 Å². The third-order valence-electron chi connectivity index (χ3n) is 4.50. The number of hydrogen-bond donors (Lipinski definition) is 0. The van der Waals surface area contributed by atoms with E-state index in [0.29, 0.717) is 27.8 Å². The van der Waals surface area contributed by atoms with Crippen LogP contribution in [0, 0.1) is 18.8 Å². The molecule has 0 spiro atoms. The van der Waals surface area contributed by atoms with E-state index < -0.39 is 0 Å². The van der Waals surface area contributed by atoms with Gasteiger partial charge in [0, 0.05) is 18.1 Å². The number of likely N-dealkylation sites (tertiary alicyclic amines) is 1. The lowest BCUT2D eigenvalue weighted by Crippen LogP contribution is -2.43. The van der Waals surface area contributed by atoms with Crippen LogP contribution in [-0.2, 0) is 4.79 Å². The first kappa shape index (κ1) is 18.3. The van der Waals surface area contributed by atoms with Crippen molar-refractivity contribution in [2.75, 3.05) is 18.8 Å². The zero-order valence-corrected chi connectivity index (χ0v) is 16.3. The number of thioether (sulfide) groups is 1. The molecule has 0 N–H and O–H groups in total. The maximum atomic E-state index is 12.6. The minimum atomic E-state index is 0.167. The van der Waals surface area contributed by atoms with Gasteiger partial charge in [-0.3, -0.25) is 9.36 Å².